The fourth-order valence-corrected chi connectivity index (χ4v) is 4.11. The SMILES string of the molecule is COc1ccc(C(=O)N/N=C/[C@@](C)([C@H](C(=O)O)N2C(=O)C[C@H]2C)[SH](=O)=O)c(Cl)c1OC. The normalized spacial score (nSPS) is 19.0. The summed E-state index contributed by atoms with van der Waals surface area (Å²) in [5, 5.41) is 13.2. The second-order valence-electron chi connectivity index (χ2n) is 6.94. The molecule has 3 atom stereocenters. The molecule has 170 valence electrons. The fourth-order valence-electron chi connectivity index (χ4n) is 3.20. The number of nitrogens with zero attached hydrogens (tertiary/aromatic N) is 2. The molecule has 1 aromatic rings. The molecule has 0 unspecified atom stereocenters. The highest BCUT2D eigenvalue weighted by molar-refractivity contribution is 7.75. The fraction of sp³-hybridized carbons (Fsp3) is 0.444. The molecule has 1 aromatic carbocycles. The van der Waals surface area contributed by atoms with E-state index in [-0.39, 0.29) is 22.8 Å². The van der Waals surface area contributed by atoms with Crippen LogP contribution in [-0.4, -0.2) is 73.5 Å². The summed E-state index contributed by atoms with van der Waals surface area (Å²) in [5.74, 6) is -2.39. The number of ether oxygens (including phenoxy) is 2. The maximum atomic E-state index is 12.5. The third kappa shape index (κ3) is 4.59. The van der Waals surface area contributed by atoms with Crippen LogP contribution in [0.2, 0.25) is 5.02 Å². The Kier molecular flexibility index (Phi) is 7.49. The van der Waals surface area contributed by atoms with Gasteiger partial charge in [0.05, 0.1) is 24.8 Å². The molecule has 0 radical (unpaired) electrons. The van der Waals surface area contributed by atoms with Gasteiger partial charge in [-0.1, -0.05) is 11.6 Å². The number of benzene rings is 1. The Labute approximate surface area is 184 Å². The summed E-state index contributed by atoms with van der Waals surface area (Å²) in [7, 11) is -0.672. The van der Waals surface area contributed by atoms with Crippen LogP contribution in [0.25, 0.3) is 0 Å². The van der Waals surface area contributed by atoms with E-state index in [4.69, 9.17) is 21.1 Å². The van der Waals surface area contributed by atoms with Gasteiger partial charge in [0, 0.05) is 18.7 Å². The van der Waals surface area contributed by atoms with E-state index in [1.165, 1.54) is 26.4 Å². The van der Waals surface area contributed by atoms with Gasteiger partial charge in [-0.2, -0.15) is 5.10 Å². The maximum absolute atomic E-state index is 12.5. The number of halogens is 1. The van der Waals surface area contributed by atoms with E-state index in [0.29, 0.717) is 5.75 Å². The number of thiol groups is 1. The predicted octanol–water partition coefficient (Wildman–Crippen LogP) is 0.517. The Morgan fingerprint density at radius 1 is 1.39 bits per heavy atom. The molecule has 0 aliphatic carbocycles. The van der Waals surface area contributed by atoms with Crippen molar-refractivity contribution in [3.05, 3.63) is 22.7 Å². The van der Waals surface area contributed by atoms with Crippen molar-refractivity contribution in [3.8, 4) is 11.5 Å². The number of rotatable bonds is 9. The molecule has 13 heteroatoms. The first-order valence-electron chi connectivity index (χ1n) is 8.93. The van der Waals surface area contributed by atoms with Crippen LogP contribution >= 0.6 is 11.6 Å². The van der Waals surface area contributed by atoms with E-state index in [2.05, 4.69) is 10.5 Å². The number of carbonyl (C=O) groups excluding carboxylic acids is 2. The summed E-state index contributed by atoms with van der Waals surface area (Å²) in [6.07, 6.45) is 0.892. The Balaban J connectivity index is 2.32. The Hall–Kier alpha value is -2.86. The van der Waals surface area contributed by atoms with Crippen LogP contribution in [0.3, 0.4) is 0 Å². The van der Waals surface area contributed by atoms with E-state index in [0.717, 1.165) is 18.0 Å². The van der Waals surface area contributed by atoms with Gasteiger partial charge in [-0.15, -0.1) is 0 Å². The topological polar surface area (TPSA) is 152 Å². The molecule has 1 heterocycles. The first kappa shape index (κ1) is 24.4. The Morgan fingerprint density at radius 3 is 2.48 bits per heavy atom. The number of hydrogen-bond acceptors (Lipinski definition) is 8. The lowest BCUT2D eigenvalue weighted by Crippen LogP contribution is -2.66. The second kappa shape index (κ2) is 9.52. The predicted molar refractivity (Wildman–Crippen MR) is 112 cm³/mol. The van der Waals surface area contributed by atoms with Crippen LogP contribution in [-0.2, 0) is 20.3 Å². The van der Waals surface area contributed by atoms with E-state index in [9.17, 15) is 27.9 Å². The minimum Gasteiger partial charge on any atom is -0.493 e. The molecule has 11 nitrogen and oxygen atoms in total. The minimum atomic E-state index is -3.40. The molecule has 31 heavy (non-hydrogen) atoms. The third-order valence-corrected chi connectivity index (χ3v) is 6.44. The van der Waals surface area contributed by atoms with Gasteiger partial charge in [0.1, 0.15) is 4.75 Å². The molecule has 2 rings (SSSR count). The van der Waals surface area contributed by atoms with Gasteiger partial charge in [-0.05, 0) is 26.0 Å². The number of likely N-dealkylation sites (tertiary alicyclic amines) is 1. The smallest absolute Gasteiger partial charge is 0.328 e. The van der Waals surface area contributed by atoms with Gasteiger partial charge in [0.15, 0.2) is 28.2 Å². The number of methoxy groups -OCH3 is 2. The van der Waals surface area contributed by atoms with E-state index >= 15 is 0 Å². The number of nitrogens with one attached hydrogen (secondary N) is 1. The van der Waals surface area contributed by atoms with E-state index in [1.807, 2.05) is 0 Å². The lowest BCUT2D eigenvalue weighted by molar-refractivity contribution is -0.161. The highest BCUT2D eigenvalue weighted by Gasteiger charge is 2.52. The largest absolute Gasteiger partial charge is 0.493 e. The van der Waals surface area contributed by atoms with Gasteiger partial charge in [-0.25, -0.2) is 18.6 Å². The lowest BCUT2D eigenvalue weighted by atomic mass is 9.92. The van der Waals surface area contributed by atoms with Gasteiger partial charge < -0.3 is 19.5 Å². The summed E-state index contributed by atoms with van der Waals surface area (Å²) >= 11 is 6.16. The van der Waals surface area contributed by atoms with Crippen LogP contribution in [0.1, 0.15) is 30.6 Å². The molecule has 0 bridgehead atoms. The molecule has 1 aliphatic rings. The summed E-state index contributed by atoms with van der Waals surface area (Å²) in [6.45, 7) is 2.71. The van der Waals surface area contributed by atoms with Crippen molar-refractivity contribution >= 4 is 46.3 Å². The van der Waals surface area contributed by atoms with Crippen LogP contribution in [0.4, 0.5) is 0 Å². The Bertz CT molecular complexity index is 1000. The molecule has 2 N–H and O–H groups in total. The molecule has 0 spiro atoms. The summed E-state index contributed by atoms with van der Waals surface area (Å²) in [4.78, 5) is 37.1. The monoisotopic (exact) mass is 475 g/mol. The Morgan fingerprint density at radius 2 is 2.03 bits per heavy atom. The van der Waals surface area contributed by atoms with Crippen molar-refractivity contribution in [1.29, 1.82) is 0 Å². The molecule has 1 fully saturated rings. The van der Waals surface area contributed by atoms with Crippen LogP contribution < -0.4 is 14.9 Å². The highest BCUT2D eigenvalue weighted by atomic mass is 35.5. The first-order chi connectivity index (χ1) is 14.5. The number of hydrogen-bond donors (Lipinski definition) is 3. The lowest BCUT2D eigenvalue weighted by Gasteiger charge is -2.45. The average molecular weight is 476 g/mol. The molecular weight excluding hydrogens is 454 g/mol. The first-order valence-corrected chi connectivity index (χ1v) is 10.5. The molecule has 1 saturated heterocycles. The number of carboxylic acid groups (broad SMARTS) is 1. The van der Waals surface area contributed by atoms with Crippen molar-refractivity contribution in [1.82, 2.24) is 10.3 Å². The second-order valence-corrected chi connectivity index (χ2v) is 8.80. The van der Waals surface area contributed by atoms with Crippen molar-refractivity contribution in [2.45, 2.75) is 37.1 Å². The summed E-state index contributed by atoms with van der Waals surface area (Å²) in [6, 6.07) is 0.633. The van der Waals surface area contributed by atoms with Crippen LogP contribution in [0, 0.1) is 0 Å². The number of hydrazone groups is 1. The molecule has 1 aliphatic heterocycles. The number of carbonyl (C=O) groups is 3. The minimum absolute atomic E-state index is 0.0361. The summed E-state index contributed by atoms with van der Waals surface area (Å²) in [5.41, 5.74) is 2.08. The van der Waals surface area contributed by atoms with Gasteiger partial charge in [0.2, 0.25) is 5.91 Å². The standard InChI is InChI=1S/C18H22ClN3O8S/c1-9-7-12(23)22(9)15(17(25)26)18(2,31(27)28)8-20-21-16(24)10-5-6-11(29-3)14(30-4)13(10)19/h5-6,8-9,15,31H,7H2,1-4H3,(H,21,24)(H,25,26)/b20-8+/t9-,15+,18+/m1/s1. The number of carboxylic acids is 1. The maximum Gasteiger partial charge on any atom is 0.328 e. The molecular formula is C18H22ClN3O8S. The van der Waals surface area contributed by atoms with Gasteiger partial charge in [-0.3, -0.25) is 9.59 Å². The highest BCUT2D eigenvalue weighted by Crippen LogP contribution is 2.37. The zero-order valence-corrected chi connectivity index (χ0v) is 18.8. The third-order valence-electron chi connectivity index (χ3n) is 4.91. The number of β-lactam (4-membered cyclic amide) rings is 1. The van der Waals surface area contributed by atoms with Gasteiger partial charge >= 0.3 is 5.97 Å². The van der Waals surface area contributed by atoms with Crippen molar-refractivity contribution in [3.63, 3.8) is 0 Å². The van der Waals surface area contributed by atoms with Crippen molar-refractivity contribution < 1.29 is 37.4 Å². The zero-order valence-electron chi connectivity index (χ0n) is 17.1. The van der Waals surface area contributed by atoms with Crippen molar-refractivity contribution in [2.75, 3.05) is 14.2 Å². The summed E-state index contributed by atoms with van der Waals surface area (Å²) < 4.78 is 32.0. The van der Waals surface area contributed by atoms with Crippen LogP contribution in [0.15, 0.2) is 17.2 Å². The van der Waals surface area contributed by atoms with Gasteiger partial charge in [0.25, 0.3) is 5.91 Å². The molecule has 0 saturated carbocycles. The number of aliphatic carboxylic acids is 1. The molecule has 0 aromatic heterocycles. The van der Waals surface area contributed by atoms with Crippen molar-refractivity contribution in [2.24, 2.45) is 5.10 Å². The zero-order chi connectivity index (χ0) is 23.5. The molecule has 2 amide bonds. The van der Waals surface area contributed by atoms with E-state index < -0.39 is 45.3 Å². The number of amides is 2. The van der Waals surface area contributed by atoms with E-state index in [1.54, 1.807) is 6.92 Å². The average Bonchev–Trinajstić information content (AvgIpc) is 2.70. The van der Waals surface area contributed by atoms with Crippen LogP contribution in [0.5, 0.6) is 11.5 Å². The quantitative estimate of drug-likeness (QED) is 0.202.